The van der Waals surface area contributed by atoms with E-state index in [4.69, 9.17) is 0 Å². The van der Waals surface area contributed by atoms with Crippen LogP contribution < -0.4 is 4.90 Å². The first kappa shape index (κ1) is 13.3. The molecule has 0 heterocycles. The number of benzene rings is 1. The Hall–Kier alpha value is -1.09. The second-order valence-corrected chi connectivity index (χ2v) is 5.32. The highest BCUT2D eigenvalue weighted by Gasteiger charge is 2.22. The summed E-state index contributed by atoms with van der Waals surface area (Å²) >= 11 is 0. The molecule has 18 heavy (non-hydrogen) atoms. The van der Waals surface area contributed by atoms with Gasteiger partial charge >= 0.3 is 0 Å². The van der Waals surface area contributed by atoms with Gasteiger partial charge in [-0.15, -0.1) is 0 Å². The Morgan fingerprint density at radius 3 is 2.44 bits per heavy atom. The lowest BCUT2D eigenvalue weighted by Crippen LogP contribution is -2.35. The minimum atomic E-state index is -0.277. The first-order chi connectivity index (χ1) is 8.66. The van der Waals surface area contributed by atoms with E-state index in [2.05, 4.69) is 0 Å². The number of likely N-dealkylation sites (N-methyl/N-ethyl adjacent to an activating group) is 1. The maximum atomic E-state index is 12.8. The quantitative estimate of drug-likeness (QED) is 0.888. The molecule has 0 radical (unpaired) electrons. The summed E-state index contributed by atoms with van der Waals surface area (Å²) in [4.78, 5) is 2.00. The van der Waals surface area contributed by atoms with Crippen LogP contribution in [0.3, 0.4) is 0 Å². The highest BCUT2D eigenvalue weighted by Crippen LogP contribution is 2.27. The van der Waals surface area contributed by atoms with Crippen molar-refractivity contribution in [1.29, 1.82) is 0 Å². The Balaban J connectivity index is 1.89. The monoisotopic (exact) mass is 251 g/mol. The van der Waals surface area contributed by atoms with Crippen LogP contribution in [-0.2, 0) is 0 Å². The van der Waals surface area contributed by atoms with Crippen molar-refractivity contribution in [2.75, 3.05) is 18.5 Å². The van der Waals surface area contributed by atoms with Crippen LogP contribution in [0.4, 0.5) is 10.1 Å². The molecule has 1 N–H and O–H groups in total. The van der Waals surface area contributed by atoms with Gasteiger partial charge in [0.2, 0.25) is 0 Å². The number of hydrogen-bond acceptors (Lipinski definition) is 2. The first-order valence-electron chi connectivity index (χ1n) is 6.81. The summed E-state index contributed by atoms with van der Waals surface area (Å²) in [5.74, 6) is 0.210. The van der Waals surface area contributed by atoms with Crippen LogP contribution in [0.2, 0.25) is 0 Å². The third-order valence-electron chi connectivity index (χ3n) is 3.92. The summed E-state index contributed by atoms with van der Waals surface area (Å²) in [6.07, 6.45) is 5.78. The molecular weight excluding hydrogens is 229 g/mol. The number of anilines is 1. The zero-order chi connectivity index (χ0) is 13.0. The van der Waals surface area contributed by atoms with Gasteiger partial charge in [-0.25, -0.2) is 4.39 Å². The van der Waals surface area contributed by atoms with Crippen molar-refractivity contribution in [3.05, 3.63) is 30.1 Å². The summed E-state index contributed by atoms with van der Waals surface area (Å²) < 4.78 is 12.8. The Kier molecular flexibility index (Phi) is 4.59. The Bertz CT molecular complexity index is 359. The topological polar surface area (TPSA) is 23.5 Å². The summed E-state index contributed by atoms with van der Waals surface area (Å²) in [5, 5.41) is 10.2. The van der Waals surface area contributed by atoms with Crippen LogP contribution in [0.1, 0.15) is 32.1 Å². The lowest BCUT2D eigenvalue weighted by molar-refractivity contribution is 0.0910. The van der Waals surface area contributed by atoms with Gasteiger partial charge in [0.15, 0.2) is 0 Å². The molecule has 2 nitrogen and oxygen atoms in total. The molecule has 0 saturated heterocycles. The fourth-order valence-corrected chi connectivity index (χ4v) is 2.75. The van der Waals surface area contributed by atoms with Crippen LogP contribution in [0.5, 0.6) is 0 Å². The number of aliphatic hydroxyl groups is 1. The first-order valence-corrected chi connectivity index (χ1v) is 6.81. The Morgan fingerprint density at radius 2 is 1.83 bits per heavy atom. The summed E-state index contributed by atoms with van der Waals surface area (Å²) in [6, 6.07) is 6.42. The number of rotatable bonds is 4. The van der Waals surface area contributed by atoms with E-state index in [1.54, 1.807) is 12.1 Å². The van der Waals surface area contributed by atoms with Crippen LogP contribution in [0, 0.1) is 11.7 Å². The van der Waals surface area contributed by atoms with Gasteiger partial charge in [-0.3, -0.25) is 0 Å². The third kappa shape index (κ3) is 3.45. The van der Waals surface area contributed by atoms with Crippen molar-refractivity contribution in [2.24, 2.45) is 5.92 Å². The molecule has 0 amide bonds. The molecule has 0 aromatic heterocycles. The number of nitrogens with zero attached hydrogens (tertiary/aromatic N) is 1. The van der Waals surface area contributed by atoms with Crippen molar-refractivity contribution < 1.29 is 9.50 Å². The molecule has 3 heteroatoms. The van der Waals surface area contributed by atoms with Crippen molar-refractivity contribution in [3.8, 4) is 0 Å². The van der Waals surface area contributed by atoms with E-state index in [0.717, 1.165) is 18.5 Å². The average Bonchev–Trinajstić information content (AvgIpc) is 2.40. The molecule has 0 bridgehead atoms. The van der Waals surface area contributed by atoms with Gasteiger partial charge in [0.25, 0.3) is 0 Å². The molecule has 1 aliphatic carbocycles. The molecule has 1 aromatic carbocycles. The largest absolute Gasteiger partial charge is 0.391 e. The van der Waals surface area contributed by atoms with Crippen molar-refractivity contribution in [1.82, 2.24) is 0 Å². The van der Waals surface area contributed by atoms with Gasteiger partial charge < -0.3 is 10.0 Å². The van der Waals surface area contributed by atoms with Crippen molar-refractivity contribution >= 4 is 5.69 Å². The van der Waals surface area contributed by atoms with Gasteiger partial charge in [0.1, 0.15) is 5.82 Å². The smallest absolute Gasteiger partial charge is 0.123 e. The van der Waals surface area contributed by atoms with E-state index >= 15 is 0 Å². The van der Waals surface area contributed by atoms with E-state index in [0.29, 0.717) is 12.5 Å². The van der Waals surface area contributed by atoms with E-state index < -0.39 is 0 Å². The number of aliphatic hydroxyl groups excluding tert-OH is 1. The van der Waals surface area contributed by atoms with Crippen LogP contribution in [-0.4, -0.2) is 24.8 Å². The normalized spacial score (nSPS) is 18.6. The maximum absolute atomic E-state index is 12.8. The second kappa shape index (κ2) is 6.19. The third-order valence-corrected chi connectivity index (χ3v) is 3.92. The highest BCUT2D eigenvalue weighted by molar-refractivity contribution is 5.45. The molecule has 1 saturated carbocycles. The fraction of sp³-hybridized carbons (Fsp3) is 0.600. The molecule has 0 aliphatic heterocycles. The molecular formula is C15H22FNO. The highest BCUT2D eigenvalue weighted by atomic mass is 19.1. The van der Waals surface area contributed by atoms with Gasteiger partial charge in [0, 0.05) is 19.3 Å². The maximum Gasteiger partial charge on any atom is 0.123 e. The number of hydrogen-bond donors (Lipinski definition) is 1. The predicted octanol–water partition coefficient (Wildman–Crippen LogP) is 3.20. The molecule has 0 spiro atoms. The predicted molar refractivity (Wildman–Crippen MR) is 72.3 cm³/mol. The SMILES string of the molecule is CN(CC(O)C1CCCCC1)c1ccc(F)cc1. The van der Waals surface area contributed by atoms with Crippen LogP contribution in [0.25, 0.3) is 0 Å². The second-order valence-electron chi connectivity index (χ2n) is 5.32. The van der Waals surface area contributed by atoms with E-state index in [1.807, 2.05) is 11.9 Å². The summed E-state index contributed by atoms with van der Waals surface area (Å²) in [7, 11) is 1.94. The lowest BCUT2D eigenvalue weighted by atomic mass is 9.85. The average molecular weight is 251 g/mol. The minimum Gasteiger partial charge on any atom is -0.391 e. The zero-order valence-electron chi connectivity index (χ0n) is 11.0. The molecule has 1 atom stereocenters. The Labute approximate surface area is 108 Å². The lowest BCUT2D eigenvalue weighted by Gasteiger charge is -2.30. The van der Waals surface area contributed by atoms with Gasteiger partial charge in [-0.1, -0.05) is 19.3 Å². The van der Waals surface area contributed by atoms with Gasteiger partial charge in [-0.2, -0.15) is 0 Å². The number of halogens is 1. The molecule has 1 aromatic rings. The fourth-order valence-electron chi connectivity index (χ4n) is 2.75. The summed E-state index contributed by atoms with van der Waals surface area (Å²) in [6.45, 7) is 0.621. The van der Waals surface area contributed by atoms with E-state index in [1.165, 1.54) is 31.4 Å². The zero-order valence-corrected chi connectivity index (χ0v) is 11.0. The minimum absolute atomic E-state index is 0.222. The molecule has 1 unspecified atom stereocenters. The standard InChI is InChI=1S/C15H22FNO/c1-17(14-9-7-13(16)8-10-14)11-15(18)12-5-3-2-4-6-12/h7-10,12,15,18H,2-6,11H2,1H3. The van der Waals surface area contributed by atoms with Gasteiger partial charge in [-0.05, 0) is 43.0 Å². The molecule has 1 fully saturated rings. The molecule has 2 rings (SSSR count). The van der Waals surface area contributed by atoms with Crippen LogP contribution >= 0.6 is 0 Å². The van der Waals surface area contributed by atoms with Gasteiger partial charge in [0.05, 0.1) is 6.10 Å². The van der Waals surface area contributed by atoms with E-state index in [-0.39, 0.29) is 11.9 Å². The summed E-state index contributed by atoms with van der Waals surface area (Å²) in [5.41, 5.74) is 0.950. The van der Waals surface area contributed by atoms with Crippen molar-refractivity contribution in [3.63, 3.8) is 0 Å². The Morgan fingerprint density at radius 1 is 1.22 bits per heavy atom. The van der Waals surface area contributed by atoms with Crippen LogP contribution in [0.15, 0.2) is 24.3 Å². The van der Waals surface area contributed by atoms with Crippen molar-refractivity contribution in [2.45, 2.75) is 38.2 Å². The molecule has 100 valence electrons. The van der Waals surface area contributed by atoms with E-state index in [9.17, 15) is 9.50 Å². The molecule has 1 aliphatic rings.